The van der Waals surface area contributed by atoms with Gasteiger partial charge in [-0.25, -0.2) is 0 Å². The summed E-state index contributed by atoms with van der Waals surface area (Å²) in [7, 11) is 0. The first-order valence-corrected chi connectivity index (χ1v) is 5.73. The molecule has 0 saturated carbocycles. The molecule has 0 aromatic heterocycles. The smallest absolute Gasteiger partial charge is 0.225 e. The number of benzene rings is 1. The van der Waals surface area contributed by atoms with Crippen LogP contribution in [0.4, 0.5) is 0 Å². The zero-order chi connectivity index (χ0) is 11.7. The molecule has 1 aliphatic rings. The van der Waals surface area contributed by atoms with Gasteiger partial charge in [0, 0.05) is 18.5 Å². The van der Waals surface area contributed by atoms with E-state index in [2.05, 4.69) is 0 Å². The summed E-state index contributed by atoms with van der Waals surface area (Å²) in [6.07, 6.45) is 0.456. The third-order valence-corrected chi connectivity index (χ3v) is 3.10. The molecule has 1 aromatic carbocycles. The predicted molar refractivity (Wildman–Crippen MR) is 63.8 cm³/mol. The van der Waals surface area contributed by atoms with Crippen molar-refractivity contribution in [2.45, 2.75) is 38.4 Å². The first-order chi connectivity index (χ1) is 7.61. The number of nitrogens with two attached hydrogens (primary N) is 1. The summed E-state index contributed by atoms with van der Waals surface area (Å²) in [6.45, 7) is 4.07. The van der Waals surface area contributed by atoms with Gasteiger partial charge in [0.25, 0.3) is 0 Å². The molecule has 0 aliphatic carbocycles. The third kappa shape index (κ3) is 1.83. The fourth-order valence-electron chi connectivity index (χ4n) is 2.45. The monoisotopic (exact) mass is 218 g/mol. The molecule has 1 saturated heterocycles. The number of likely N-dealkylation sites (tertiary alicyclic amines) is 1. The van der Waals surface area contributed by atoms with Crippen LogP contribution >= 0.6 is 0 Å². The summed E-state index contributed by atoms with van der Waals surface area (Å²) in [6, 6.07) is 10.2. The number of hydrogen-bond donors (Lipinski definition) is 1. The Kier molecular flexibility index (Phi) is 2.97. The average Bonchev–Trinajstić information content (AvgIpc) is 2.55. The number of amides is 1. The second kappa shape index (κ2) is 4.26. The Morgan fingerprint density at radius 2 is 1.94 bits per heavy atom. The molecule has 3 nitrogen and oxygen atoms in total. The maximum absolute atomic E-state index is 11.9. The summed E-state index contributed by atoms with van der Waals surface area (Å²) in [5, 5.41) is 0. The highest BCUT2D eigenvalue weighted by Crippen LogP contribution is 2.33. The lowest BCUT2D eigenvalue weighted by atomic mass is 10.0. The van der Waals surface area contributed by atoms with Gasteiger partial charge in [0.1, 0.15) is 0 Å². The fraction of sp³-hybridized carbons (Fsp3) is 0.462. The highest BCUT2D eigenvalue weighted by Gasteiger charge is 2.39. The van der Waals surface area contributed by atoms with Crippen molar-refractivity contribution < 1.29 is 4.79 Å². The van der Waals surface area contributed by atoms with Crippen molar-refractivity contribution in [3.05, 3.63) is 35.9 Å². The maximum atomic E-state index is 11.9. The summed E-state index contributed by atoms with van der Waals surface area (Å²) < 4.78 is 0. The Bertz CT molecular complexity index is 375. The van der Waals surface area contributed by atoms with Gasteiger partial charge in [0.15, 0.2) is 0 Å². The van der Waals surface area contributed by atoms with Gasteiger partial charge in [0.2, 0.25) is 5.91 Å². The zero-order valence-electron chi connectivity index (χ0n) is 9.76. The number of carbonyl (C=O) groups is 1. The summed E-state index contributed by atoms with van der Waals surface area (Å²) in [5.74, 6) is 0.163. The predicted octanol–water partition coefficient (Wildman–Crippen LogP) is 1.70. The lowest BCUT2D eigenvalue weighted by Gasteiger charge is -2.30. The molecule has 16 heavy (non-hydrogen) atoms. The second-order valence-electron chi connectivity index (χ2n) is 4.62. The van der Waals surface area contributed by atoms with Crippen LogP contribution in [-0.4, -0.2) is 22.9 Å². The van der Waals surface area contributed by atoms with Gasteiger partial charge in [-0.05, 0) is 19.4 Å². The van der Waals surface area contributed by atoms with E-state index in [1.165, 1.54) is 0 Å². The van der Waals surface area contributed by atoms with Crippen LogP contribution in [0, 0.1) is 0 Å². The summed E-state index contributed by atoms with van der Waals surface area (Å²) >= 11 is 0. The van der Waals surface area contributed by atoms with Crippen LogP contribution in [0.3, 0.4) is 0 Å². The SMILES string of the molecule is CC(C)N1C(=O)C[C@H](N)[C@H]1c1ccccc1. The normalized spacial score (nSPS) is 25.5. The minimum Gasteiger partial charge on any atom is -0.332 e. The molecule has 0 bridgehead atoms. The zero-order valence-corrected chi connectivity index (χ0v) is 9.76. The van der Waals surface area contributed by atoms with E-state index in [0.29, 0.717) is 6.42 Å². The highest BCUT2D eigenvalue weighted by atomic mass is 16.2. The lowest BCUT2D eigenvalue weighted by molar-refractivity contribution is -0.130. The van der Waals surface area contributed by atoms with E-state index in [9.17, 15) is 4.79 Å². The molecule has 2 N–H and O–H groups in total. The van der Waals surface area contributed by atoms with Crippen molar-refractivity contribution in [3.63, 3.8) is 0 Å². The molecule has 0 spiro atoms. The summed E-state index contributed by atoms with van der Waals surface area (Å²) in [4.78, 5) is 13.8. The average molecular weight is 218 g/mol. The molecular formula is C13H18N2O. The molecule has 86 valence electrons. The lowest BCUT2D eigenvalue weighted by Crippen LogP contribution is -2.37. The second-order valence-corrected chi connectivity index (χ2v) is 4.62. The Labute approximate surface area is 96.2 Å². The van der Waals surface area contributed by atoms with Crippen molar-refractivity contribution in [1.82, 2.24) is 4.90 Å². The van der Waals surface area contributed by atoms with Crippen LogP contribution in [0.1, 0.15) is 31.9 Å². The molecule has 0 radical (unpaired) electrons. The van der Waals surface area contributed by atoms with Gasteiger partial charge in [-0.1, -0.05) is 30.3 Å². The first kappa shape index (κ1) is 11.1. The number of hydrogen-bond acceptors (Lipinski definition) is 2. The number of carbonyl (C=O) groups excluding carboxylic acids is 1. The van der Waals surface area contributed by atoms with Gasteiger partial charge >= 0.3 is 0 Å². The van der Waals surface area contributed by atoms with E-state index < -0.39 is 0 Å². The van der Waals surface area contributed by atoms with Crippen LogP contribution in [0.15, 0.2) is 30.3 Å². The van der Waals surface area contributed by atoms with Gasteiger partial charge < -0.3 is 10.6 Å². The van der Waals surface area contributed by atoms with Crippen molar-refractivity contribution in [1.29, 1.82) is 0 Å². The van der Waals surface area contributed by atoms with Crippen LogP contribution in [0.25, 0.3) is 0 Å². The minimum atomic E-state index is -0.0858. The fourth-order valence-corrected chi connectivity index (χ4v) is 2.45. The van der Waals surface area contributed by atoms with Crippen molar-refractivity contribution in [2.24, 2.45) is 5.73 Å². The number of rotatable bonds is 2. The van der Waals surface area contributed by atoms with E-state index in [1.54, 1.807) is 0 Å². The Hall–Kier alpha value is -1.35. The van der Waals surface area contributed by atoms with Crippen LogP contribution in [-0.2, 0) is 4.79 Å². The molecular weight excluding hydrogens is 200 g/mol. The van der Waals surface area contributed by atoms with E-state index in [4.69, 9.17) is 5.73 Å². The molecule has 1 amide bonds. The standard InChI is InChI=1S/C13H18N2O/c1-9(2)15-12(16)8-11(14)13(15)10-6-4-3-5-7-10/h3-7,9,11,13H,8,14H2,1-2H3/t11-,13+/m0/s1. The molecule has 1 heterocycles. The van der Waals surface area contributed by atoms with E-state index in [-0.39, 0.29) is 24.0 Å². The topological polar surface area (TPSA) is 46.3 Å². The van der Waals surface area contributed by atoms with E-state index in [0.717, 1.165) is 5.56 Å². The van der Waals surface area contributed by atoms with Crippen molar-refractivity contribution >= 4 is 5.91 Å². The highest BCUT2D eigenvalue weighted by molar-refractivity contribution is 5.80. The first-order valence-electron chi connectivity index (χ1n) is 5.73. The van der Waals surface area contributed by atoms with Gasteiger partial charge in [-0.3, -0.25) is 4.79 Å². The molecule has 1 aromatic rings. The Morgan fingerprint density at radius 3 is 2.50 bits per heavy atom. The number of nitrogens with zero attached hydrogens (tertiary/aromatic N) is 1. The quantitative estimate of drug-likeness (QED) is 0.821. The van der Waals surface area contributed by atoms with Crippen LogP contribution in [0.2, 0.25) is 0 Å². The third-order valence-electron chi connectivity index (χ3n) is 3.10. The van der Waals surface area contributed by atoms with Crippen LogP contribution < -0.4 is 5.73 Å². The molecule has 3 heteroatoms. The largest absolute Gasteiger partial charge is 0.332 e. The summed E-state index contributed by atoms with van der Waals surface area (Å²) in [5.41, 5.74) is 7.20. The Morgan fingerprint density at radius 1 is 1.31 bits per heavy atom. The molecule has 2 rings (SSSR count). The van der Waals surface area contributed by atoms with Gasteiger partial charge in [0.05, 0.1) is 6.04 Å². The van der Waals surface area contributed by atoms with E-state index in [1.807, 2.05) is 49.1 Å². The molecule has 2 atom stereocenters. The van der Waals surface area contributed by atoms with Crippen molar-refractivity contribution in [3.8, 4) is 0 Å². The molecule has 1 fully saturated rings. The maximum Gasteiger partial charge on any atom is 0.225 e. The van der Waals surface area contributed by atoms with E-state index >= 15 is 0 Å². The molecule has 0 unspecified atom stereocenters. The molecule has 1 aliphatic heterocycles. The Balaban J connectivity index is 2.34. The van der Waals surface area contributed by atoms with Gasteiger partial charge in [-0.2, -0.15) is 0 Å². The van der Waals surface area contributed by atoms with Crippen molar-refractivity contribution in [2.75, 3.05) is 0 Å². The van der Waals surface area contributed by atoms with Gasteiger partial charge in [-0.15, -0.1) is 0 Å². The minimum absolute atomic E-state index is 0.0358. The van der Waals surface area contributed by atoms with Crippen LogP contribution in [0.5, 0.6) is 0 Å².